The van der Waals surface area contributed by atoms with Crippen molar-refractivity contribution >= 4 is 23.2 Å². The van der Waals surface area contributed by atoms with Gasteiger partial charge in [0.2, 0.25) is 0 Å². The number of benzene rings is 1. The van der Waals surface area contributed by atoms with Gasteiger partial charge in [-0.05, 0) is 48.3 Å². The highest BCUT2D eigenvalue weighted by molar-refractivity contribution is 6.04. The molecule has 0 radical (unpaired) electrons. The third kappa shape index (κ3) is 4.71. The van der Waals surface area contributed by atoms with E-state index in [4.69, 9.17) is 0 Å². The van der Waals surface area contributed by atoms with Crippen LogP contribution in [0.5, 0.6) is 0 Å². The molecule has 0 spiro atoms. The van der Waals surface area contributed by atoms with E-state index in [0.29, 0.717) is 22.9 Å². The van der Waals surface area contributed by atoms with E-state index in [2.05, 4.69) is 41.1 Å². The molecule has 1 aromatic carbocycles. The van der Waals surface area contributed by atoms with E-state index < -0.39 is 0 Å². The number of carbonyl (C=O) groups excluding carboxylic acids is 1. The standard InChI is InChI=1S/C24H31N5O2/c1-24(2,3)19-6-4-18(5-7-19)23(31)27-20-16-22(29-21(26-20)8-12-25-29)28-13-9-17(10-14-28)11-15-30/h4-8,12,16-17,30H,9-11,13-15H2,1-3H3,(H,26,27,31). The SMILES string of the molecule is CC(C)(C)c1ccc(C(=O)Nc2cc(N3CCC(CCO)CC3)n3nccc3n2)cc1. The molecule has 7 heteroatoms. The molecule has 3 aromatic rings. The predicted molar refractivity (Wildman–Crippen MR) is 123 cm³/mol. The number of fused-ring (bicyclic) bond motifs is 1. The van der Waals surface area contributed by atoms with Crippen LogP contribution in [-0.2, 0) is 5.41 Å². The first-order valence-corrected chi connectivity index (χ1v) is 11.0. The first-order chi connectivity index (χ1) is 14.8. The molecular weight excluding hydrogens is 390 g/mol. The van der Waals surface area contributed by atoms with Gasteiger partial charge in [0.15, 0.2) is 5.65 Å². The van der Waals surface area contributed by atoms with E-state index in [1.807, 2.05) is 40.9 Å². The highest BCUT2D eigenvalue weighted by atomic mass is 16.3. The van der Waals surface area contributed by atoms with Gasteiger partial charge in [0.25, 0.3) is 5.91 Å². The minimum absolute atomic E-state index is 0.0448. The summed E-state index contributed by atoms with van der Waals surface area (Å²) < 4.78 is 1.82. The first kappa shape index (κ1) is 21.3. The van der Waals surface area contributed by atoms with Gasteiger partial charge < -0.3 is 15.3 Å². The molecule has 1 fully saturated rings. The maximum Gasteiger partial charge on any atom is 0.256 e. The summed E-state index contributed by atoms with van der Waals surface area (Å²) in [6.07, 6.45) is 4.65. The number of hydrogen-bond donors (Lipinski definition) is 2. The van der Waals surface area contributed by atoms with Gasteiger partial charge in [-0.1, -0.05) is 32.9 Å². The summed E-state index contributed by atoms with van der Waals surface area (Å²) in [5.41, 5.74) is 2.54. The number of aliphatic hydroxyl groups is 1. The maximum atomic E-state index is 12.8. The normalized spacial score (nSPS) is 15.4. The number of nitrogens with zero attached hydrogens (tertiary/aromatic N) is 4. The monoisotopic (exact) mass is 421 g/mol. The van der Waals surface area contributed by atoms with Gasteiger partial charge in [-0.2, -0.15) is 9.61 Å². The van der Waals surface area contributed by atoms with Crippen LogP contribution in [0.25, 0.3) is 5.65 Å². The third-order valence-corrected chi connectivity index (χ3v) is 6.07. The number of aliphatic hydroxyl groups excluding tert-OH is 1. The second-order valence-corrected chi connectivity index (χ2v) is 9.32. The predicted octanol–water partition coefficient (Wildman–Crippen LogP) is 3.88. The topological polar surface area (TPSA) is 82.8 Å². The molecule has 1 aliphatic heterocycles. The molecule has 2 aromatic heterocycles. The minimum Gasteiger partial charge on any atom is -0.396 e. The van der Waals surface area contributed by atoms with Crippen LogP contribution in [0.2, 0.25) is 0 Å². The maximum absolute atomic E-state index is 12.8. The molecule has 4 rings (SSSR count). The van der Waals surface area contributed by atoms with Crippen LogP contribution in [0, 0.1) is 5.92 Å². The van der Waals surface area contributed by atoms with Crippen molar-refractivity contribution in [2.45, 2.75) is 45.4 Å². The summed E-state index contributed by atoms with van der Waals surface area (Å²) in [5.74, 6) is 1.83. The molecule has 0 atom stereocenters. The molecule has 1 saturated heterocycles. The molecule has 0 saturated carbocycles. The summed E-state index contributed by atoms with van der Waals surface area (Å²) in [6, 6.07) is 11.5. The molecule has 31 heavy (non-hydrogen) atoms. The third-order valence-electron chi connectivity index (χ3n) is 6.07. The number of anilines is 2. The summed E-state index contributed by atoms with van der Waals surface area (Å²) in [4.78, 5) is 19.7. The lowest BCUT2D eigenvalue weighted by molar-refractivity contribution is 0.102. The van der Waals surface area contributed by atoms with Crippen LogP contribution in [0.3, 0.4) is 0 Å². The molecule has 0 bridgehead atoms. The fourth-order valence-electron chi connectivity index (χ4n) is 4.13. The van der Waals surface area contributed by atoms with Crippen LogP contribution >= 0.6 is 0 Å². The van der Waals surface area contributed by atoms with Crippen LogP contribution in [-0.4, -0.2) is 45.3 Å². The van der Waals surface area contributed by atoms with E-state index >= 15 is 0 Å². The number of carbonyl (C=O) groups is 1. The number of aromatic nitrogens is 3. The Morgan fingerprint density at radius 1 is 1.16 bits per heavy atom. The largest absolute Gasteiger partial charge is 0.396 e. The minimum atomic E-state index is -0.176. The molecule has 7 nitrogen and oxygen atoms in total. The highest BCUT2D eigenvalue weighted by Crippen LogP contribution is 2.27. The van der Waals surface area contributed by atoms with Gasteiger partial charge in [0.05, 0.1) is 6.20 Å². The molecule has 0 unspecified atom stereocenters. The van der Waals surface area contributed by atoms with Crippen molar-refractivity contribution < 1.29 is 9.90 Å². The summed E-state index contributed by atoms with van der Waals surface area (Å²) in [5, 5.41) is 16.6. The van der Waals surface area contributed by atoms with Gasteiger partial charge in [0.1, 0.15) is 11.6 Å². The van der Waals surface area contributed by atoms with Crippen molar-refractivity contribution in [3.63, 3.8) is 0 Å². The van der Waals surface area contributed by atoms with Crippen molar-refractivity contribution in [1.82, 2.24) is 14.6 Å². The van der Waals surface area contributed by atoms with E-state index in [-0.39, 0.29) is 17.9 Å². The number of hydrogen-bond acceptors (Lipinski definition) is 5. The number of rotatable bonds is 5. The Bertz CT molecular complexity index is 1040. The Kier molecular flexibility index (Phi) is 5.96. The van der Waals surface area contributed by atoms with E-state index in [1.54, 1.807) is 6.20 Å². The van der Waals surface area contributed by atoms with Crippen molar-refractivity contribution in [2.75, 3.05) is 29.9 Å². The smallest absolute Gasteiger partial charge is 0.256 e. The molecule has 164 valence electrons. The molecule has 2 N–H and O–H groups in total. The molecule has 1 amide bonds. The molecule has 3 heterocycles. The number of piperidine rings is 1. The van der Waals surface area contributed by atoms with Crippen molar-refractivity contribution in [2.24, 2.45) is 5.92 Å². The average molecular weight is 422 g/mol. The second kappa shape index (κ2) is 8.67. The Balaban J connectivity index is 1.54. The van der Waals surface area contributed by atoms with Gasteiger partial charge in [-0.3, -0.25) is 4.79 Å². The molecule has 0 aliphatic carbocycles. The molecule has 1 aliphatic rings. The Morgan fingerprint density at radius 3 is 2.52 bits per heavy atom. The van der Waals surface area contributed by atoms with Gasteiger partial charge in [-0.15, -0.1) is 0 Å². The zero-order chi connectivity index (χ0) is 22.0. The zero-order valence-electron chi connectivity index (χ0n) is 18.5. The summed E-state index contributed by atoms with van der Waals surface area (Å²) >= 11 is 0. The number of nitrogens with one attached hydrogen (secondary N) is 1. The van der Waals surface area contributed by atoms with E-state index in [0.717, 1.165) is 38.2 Å². The summed E-state index contributed by atoms with van der Waals surface area (Å²) in [7, 11) is 0. The average Bonchev–Trinajstić information content (AvgIpc) is 3.22. The van der Waals surface area contributed by atoms with Gasteiger partial charge in [-0.25, -0.2) is 4.98 Å². The van der Waals surface area contributed by atoms with Crippen molar-refractivity contribution in [3.05, 3.63) is 53.7 Å². The fraction of sp³-hybridized carbons (Fsp3) is 0.458. The Morgan fingerprint density at radius 2 is 1.87 bits per heavy atom. The van der Waals surface area contributed by atoms with Gasteiger partial charge in [0, 0.05) is 37.4 Å². The Hall–Kier alpha value is -2.93. The summed E-state index contributed by atoms with van der Waals surface area (Å²) in [6.45, 7) is 8.50. The number of amides is 1. The Labute approximate surface area is 183 Å². The van der Waals surface area contributed by atoms with Crippen LogP contribution in [0.4, 0.5) is 11.6 Å². The lowest BCUT2D eigenvalue weighted by Crippen LogP contribution is -2.35. The first-order valence-electron chi connectivity index (χ1n) is 11.0. The lowest BCUT2D eigenvalue weighted by Gasteiger charge is -2.33. The van der Waals surface area contributed by atoms with Crippen molar-refractivity contribution in [3.8, 4) is 0 Å². The highest BCUT2D eigenvalue weighted by Gasteiger charge is 2.22. The second-order valence-electron chi connectivity index (χ2n) is 9.32. The van der Waals surface area contributed by atoms with Crippen LogP contribution in [0.15, 0.2) is 42.6 Å². The van der Waals surface area contributed by atoms with E-state index in [1.165, 1.54) is 5.56 Å². The van der Waals surface area contributed by atoms with Crippen LogP contribution in [0.1, 0.15) is 56.0 Å². The van der Waals surface area contributed by atoms with E-state index in [9.17, 15) is 9.90 Å². The fourth-order valence-corrected chi connectivity index (χ4v) is 4.13. The quantitative estimate of drug-likeness (QED) is 0.653. The molecular formula is C24H31N5O2. The van der Waals surface area contributed by atoms with Gasteiger partial charge >= 0.3 is 0 Å². The lowest BCUT2D eigenvalue weighted by atomic mass is 9.87. The zero-order valence-corrected chi connectivity index (χ0v) is 18.5. The van der Waals surface area contributed by atoms with Crippen LogP contribution < -0.4 is 10.2 Å². The van der Waals surface area contributed by atoms with Crippen molar-refractivity contribution in [1.29, 1.82) is 0 Å².